The average molecular weight is 336 g/mol. The molecule has 2 nitrogen and oxygen atoms in total. The molecule has 0 fully saturated rings. The second-order valence-corrected chi connectivity index (χ2v) is 7.30. The van der Waals surface area contributed by atoms with Crippen LogP contribution in [-0.2, 0) is 0 Å². The lowest BCUT2D eigenvalue weighted by molar-refractivity contribution is 1.32. The summed E-state index contributed by atoms with van der Waals surface area (Å²) in [7, 11) is 0. The molecule has 0 amide bonds. The van der Waals surface area contributed by atoms with Gasteiger partial charge in [-0.3, -0.25) is 0 Å². The molecule has 0 saturated heterocycles. The summed E-state index contributed by atoms with van der Waals surface area (Å²) >= 11 is 3.16. The van der Waals surface area contributed by atoms with Crippen LogP contribution < -0.4 is 0 Å². The average Bonchev–Trinajstić information content (AvgIpc) is 3.14. The fourth-order valence-corrected chi connectivity index (χ4v) is 4.07. The van der Waals surface area contributed by atoms with Crippen molar-refractivity contribution in [3.05, 3.63) is 61.6 Å². The number of allylic oxidation sites excluding steroid dienone is 1. The van der Waals surface area contributed by atoms with Crippen LogP contribution in [0.3, 0.4) is 0 Å². The van der Waals surface area contributed by atoms with Crippen LogP contribution in [0.4, 0.5) is 0 Å². The van der Waals surface area contributed by atoms with Crippen LogP contribution in [0.25, 0.3) is 22.9 Å². The van der Waals surface area contributed by atoms with Gasteiger partial charge in [-0.2, -0.15) is 5.26 Å². The maximum absolute atomic E-state index is 9.49. The second-order valence-electron chi connectivity index (χ2n) is 5.49. The lowest BCUT2D eigenvalue weighted by atomic mass is 10.0. The molecular formula is C19H16N2S2. The third kappa shape index (κ3) is 3.26. The lowest BCUT2D eigenvalue weighted by Crippen LogP contribution is -1.86. The predicted octanol–water partition coefficient (Wildman–Crippen LogP) is 5.86. The van der Waals surface area contributed by atoms with Crippen molar-refractivity contribution in [1.29, 1.82) is 5.26 Å². The first kappa shape index (κ1) is 15.7. The van der Waals surface area contributed by atoms with Gasteiger partial charge in [-0.05, 0) is 49.4 Å². The summed E-state index contributed by atoms with van der Waals surface area (Å²) in [6.45, 7) is 6.24. The number of nitriles is 1. The Morgan fingerprint density at radius 1 is 1.13 bits per heavy atom. The van der Waals surface area contributed by atoms with Crippen molar-refractivity contribution in [3.63, 3.8) is 0 Å². The van der Waals surface area contributed by atoms with E-state index in [4.69, 9.17) is 0 Å². The standard InChI is InChI=1S/C19H16N2S2/c1-12-4-5-16(14(3)8-12)17-11-23-19(21-17)15(10-20)9-18-13(2)6-7-22-18/h4-9,11H,1-3H3/b15-9+. The van der Waals surface area contributed by atoms with E-state index in [0.717, 1.165) is 21.1 Å². The molecule has 3 aromatic rings. The first-order valence-corrected chi connectivity index (χ1v) is 9.04. The lowest BCUT2D eigenvalue weighted by Gasteiger charge is -2.03. The summed E-state index contributed by atoms with van der Waals surface area (Å²) in [4.78, 5) is 5.80. The fourth-order valence-electron chi connectivity index (χ4n) is 2.43. The van der Waals surface area contributed by atoms with Crippen molar-refractivity contribution >= 4 is 34.3 Å². The van der Waals surface area contributed by atoms with E-state index in [1.165, 1.54) is 28.0 Å². The highest BCUT2D eigenvalue weighted by atomic mass is 32.1. The van der Waals surface area contributed by atoms with Crippen molar-refractivity contribution < 1.29 is 0 Å². The summed E-state index contributed by atoms with van der Waals surface area (Å²) in [6, 6.07) is 10.7. The van der Waals surface area contributed by atoms with Crippen molar-refractivity contribution in [1.82, 2.24) is 4.98 Å². The van der Waals surface area contributed by atoms with E-state index in [2.05, 4.69) is 56.1 Å². The zero-order valence-corrected chi connectivity index (χ0v) is 14.9. The summed E-state index contributed by atoms with van der Waals surface area (Å²) in [5.41, 5.74) is 6.32. The number of thiazole rings is 1. The van der Waals surface area contributed by atoms with Gasteiger partial charge < -0.3 is 0 Å². The molecule has 0 saturated carbocycles. The molecule has 0 unspecified atom stereocenters. The molecule has 3 rings (SSSR count). The van der Waals surface area contributed by atoms with E-state index in [1.807, 2.05) is 16.8 Å². The molecule has 0 N–H and O–H groups in total. The van der Waals surface area contributed by atoms with E-state index < -0.39 is 0 Å². The Kier molecular flexibility index (Phi) is 4.42. The number of hydrogen-bond acceptors (Lipinski definition) is 4. The highest BCUT2D eigenvalue weighted by Gasteiger charge is 2.11. The van der Waals surface area contributed by atoms with E-state index in [0.29, 0.717) is 5.57 Å². The predicted molar refractivity (Wildman–Crippen MR) is 99.6 cm³/mol. The topological polar surface area (TPSA) is 36.7 Å². The summed E-state index contributed by atoms with van der Waals surface area (Å²) in [6.07, 6.45) is 1.94. The number of thiophene rings is 1. The number of hydrogen-bond donors (Lipinski definition) is 0. The molecule has 0 bridgehead atoms. The zero-order valence-electron chi connectivity index (χ0n) is 13.3. The maximum atomic E-state index is 9.49. The Labute approximate surface area is 144 Å². The van der Waals surface area contributed by atoms with Gasteiger partial charge in [-0.25, -0.2) is 4.98 Å². The summed E-state index contributed by atoms with van der Waals surface area (Å²) < 4.78 is 0. The van der Waals surface area contributed by atoms with Crippen LogP contribution in [0.2, 0.25) is 0 Å². The molecule has 114 valence electrons. The first-order chi connectivity index (χ1) is 11.1. The molecule has 2 aromatic heterocycles. The van der Waals surface area contributed by atoms with Crippen molar-refractivity contribution in [2.24, 2.45) is 0 Å². The molecule has 0 aliphatic carbocycles. The first-order valence-electron chi connectivity index (χ1n) is 7.28. The van der Waals surface area contributed by atoms with Crippen LogP contribution in [0, 0.1) is 32.1 Å². The summed E-state index contributed by atoms with van der Waals surface area (Å²) in [5, 5.41) is 14.3. The number of aryl methyl sites for hydroxylation is 3. The Morgan fingerprint density at radius 2 is 1.96 bits per heavy atom. The molecule has 2 heterocycles. The minimum Gasteiger partial charge on any atom is -0.235 e. The van der Waals surface area contributed by atoms with E-state index in [9.17, 15) is 5.26 Å². The van der Waals surface area contributed by atoms with Crippen LogP contribution >= 0.6 is 22.7 Å². The maximum Gasteiger partial charge on any atom is 0.134 e. The van der Waals surface area contributed by atoms with Gasteiger partial charge in [0, 0.05) is 15.8 Å². The summed E-state index contributed by atoms with van der Waals surface area (Å²) in [5.74, 6) is 0. The molecule has 4 heteroatoms. The number of rotatable bonds is 3. The highest BCUT2D eigenvalue weighted by Crippen LogP contribution is 2.30. The van der Waals surface area contributed by atoms with E-state index in [-0.39, 0.29) is 0 Å². The Morgan fingerprint density at radius 3 is 2.61 bits per heavy atom. The Balaban J connectivity index is 1.99. The minimum atomic E-state index is 0.622. The van der Waals surface area contributed by atoms with Crippen molar-refractivity contribution in [2.75, 3.05) is 0 Å². The molecule has 0 spiro atoms. The van der Waals surface area contributed by atoms with Crippen molar-refractivity contribution in [2.45, 2.75) is 20.8 Å². The van der Waals surface area contributed by atoms with Gasteiger partial charge in [-0.15, -0.1) is 22.7 Å². The van der Waals surface area contributed by atoms with Crippen LogP contribution in [0.15, 0.2) is 35.0 Å². The van der Waals surface area contributed by atoms with Gasteiger partial charge in [0.25, 0.3) is 0 Å². The van der Waals surface area contributed by atoms with Gasteiger partial charge in [0.2, 0.25) is 0 Å². The SMILES string of the molecule is Cc1ccc(-c2csc(/C(C#N)=C/c3sccc3C)n2)c(C)c1. The van der Waals surface area contributed by atoms with Crippen LogP contribution in [-0.4, -0.2) is 4.98 Å². The zero-order chi connectivity index (χ0) is 16.4. The van der Waals surface area contributed by atoms with Crippen LogP contribution in [0.1, 0.15) is 26.6 Å². The van der Waals surface area contributed by atoms with Crippen LogP contribution in [0.5, 0.6) is 0 Å². The molecule has 1 aromatic carbocycles. The molecule has 23 heavy (non-hydrogen) atoms. The number of benzene rings is 1. The fraction of sp³-hybridized carbons (Fsp3) is 0.158. The molecule has 0 radical (unpaired) electrons. The van der Waals surface area contributed by atoms with Gasteiger partial charge in [0.1, 0.15) is 11.1 Å². The van der Waals surface area contributed by atoms with E-state index in [1.54, 1.807) is 11.3 Å². The number of aromatic nitrogens is 1. The van der Waals surface area contributed by atoms with Gasteiger partial charge in [0.05, 0.1) is 11.3 Å². The largest absolute Gasteiger partial charge is 0.235 e. The molecule has 0 aliphatic rings. The van der Waals surface area contributed by atoms with E-state index >= 15 is 0 Å². The number of nitrogens with zero attached hydrogens (tertiary/aromatic N) is 2. The molecule has 0 atom stereocenters. The Bertz CT molecular complexity index is 923. The molecule has 0 aliphatic heterocycles. The second kappa shape index (κ2) is 6.49. The smallest absolute Gasteiger partial charge is 0.134 e. The Hall–Kier alpha value is -2.22. The normalized spacial score (nSPS) is 11.5. The highest BCUT2D eigenvalue weighted by molar-refractivity contribution is 7.12. The quantitative estimate of drug-likeness (QED) is 0.562. The third-order valence-electron chi connectivity index (χ3n) is 3.69. The van der Waals surface area contributed by atoms with Gasteiger partial charge >= 0.3 is 0 Å². The monoisotopic (exact) mass is 336 g/mol. The van der Waals surface area contributed by atoms with Gasteiger partial charge in [0.15, 0.2) is 0 Å². The van der Waals surface area contributed by atoms with Crippen molar-refractivity contribution in [3.8, 4) is 17.3 Å². The van der Waals surface area contributed by atoms with Gasteiger partial charge in [-0.1, -0.05) is 23.8 Å². The minimum absolute atomic E-state index is 0.622. The molecular weight excluding hydrogens is 320 g/mol. The third-order valence-corrected chi connectivity index (χ3v) is 5.53.